The van der Waals surface area contributed by atoms with Crippen LogP contribution in [0, 0.1) is 6.92 Å². The highest BCUT2D eigenvalue weighted by atomic mass is 16.5. The molecule has 0 unspecified atom stereocenters. The van der Waals surface area contributed by atoms with Crippen molar-refractivity contribution in [2.24, 2.45) is 0 Å². The molecule has 3 aromatic rings. The second-order valence-corrected chi connectivity index (χ2v) is 11.9. The van der Waals surface area contributed by atoms with Crippen LogP contribution in [0.15, 0.2) is 52.9 Å². The Morgan fingerprint density at radius 1 is 1.04 bits per heavy atom. The molecular formula is C35H43N5O7. The molecule has 3 heterocycles. The number of aromatic nitrogens is 1. The van der Waals surface area contributed by atoms with Gasteiger partial charge in [-0.3, -0.25) is 19.2 Å². The van der Waals surface area contributed by atoms with Crippen LogP contribution in [0.4, 0.5) is 0 Å². The Morgan fingerprint density at radius 2 is 1.87 bits per heavy atom. The molecule has 1 atom stereocenters. The number of ether oxygens (including phenoxy) is 2. The van der Waals surface area contributed by atoms with Crippen molar-refractivity contribution in [3.8, 4) is 23.0 Å². The van der Waals surface area contributed by atoms with Crippen LogP contribution >= 0.6 is 0 Å². The Bertz CT molecular complexity index is 1560. The lowest BCUT2D eigenvalue weighted by Gasteiger charge is -2.26. The van der Waals surface area contributed by atoms with Crippen molar-refractivity contribution in [2.45, 2.75) is 64.5 Å². The molecule has 12 nitrogen and oxygen atoms in total. The number of rotatable bonds is 6. The summed E-state index contributed by atoms with van der Waals surface area (Å²) in [5.74, 6) is 0.896. The van der Waals surface area contributed by atoms with Crippen molar-refractivity contribution in [2.75, 3.05) is 39.9 Å². The van der Waals surface area contributed by atoms with Crippen LogP contribution in [0.2, 0.25) is 0 Å². The molecule has 47 heavy (non-hydrogen) atoms. The smallest absolute Gasteiger partial charge is 0.243 e. The lowest BCUT2D eigenvalue weighted by atomic mass is 10.0. The Kier molecular flexibility index (Phi) is 11.5. The Hall–Kier alpha value is -4.87. The lowest BCUT2D eigenvalue weighted by Crippen LogP contribution is -2.51. The van der Waals surface area contributed by atoms with Gasteiger partial charge in [-0.1, -0.05) is 36.8 Å². The molecule has 2 aromatic carbocycles. The van der Waals surface area contributed by atoms with Crippen LogP contribution in [-0.2, 0) is 32.1 Å². The Morgan fingerprint density at radius 3 is 2.68 bits per heavy atom. The maximum absolute atomic E-state index is 13.5. The van der Waals surface area contributed by atoms with Crippen molar-refractivity contribution in [1.29, 1.82) is 0 Å². The second-order valence-electron chi connectivity index (χ2n) is 11.9. The number of hydrogen-bond acceptors (Lipinski definition) is 8. The summed E-state index contributed by atoms with van der Waals surface area (Å²) in [7, 11) is 1.55. The molecule has 1 aromatic heterocycles. The average molecular weight is 646 g/mol. The van der Waals surface area contributed by atoms with Gasteiger partial charge in [-0.2, -0.15) is 0 Å². The van der Waals surface area contributed by atoms with Crippen molar-refractivity contribution in [3.63, 3.8) is 0 Å². The topological polar surface area (TPSA) is 143 Å². The number of nitrogens with zero attached hydrogens (tertiary/aromatic N) is 3. The number of oxazole rings is 1. The number of aryl methyl sites for hydroxylation is 1. The monoisotopic (exact) mass is 645 g/mol. The van der Waals surface area contributed by atoms with Crippen LogP contribution < -0.4 is 20.1 Å². The summed E-state index contributed by atoms with van der Waals surface area (Å²) in [6.07, 6.45) is 4.03. The van der Waals surface area contributed by atoms with E-state index in [4.69, 9.17) is 13.9 Å². The van der Waals surface area contributed by atoms with Gasteiger partial charge < -0.3 is 34.3 Å². The molecule has 1 fully saturated rings. The van der Waals surface area contributed by atoms with Gasteiger partial charge in [-0.15, -0.1) is 0 Å². The SMILES string of the molecule is COc1ccc2cc1OCCCN(C(=O)CCN1CCCCCC1=O)CC(=O)N[C@H](Cc1ccccc1)C(=O)NCc1nc-2oc1C. The normalized spacial score (nSPS) is 18.3. The van der Waals surface area contributed by atoms with Gasteiger partial charge in [-0.05, 0) is 49.9 Å². The quantitative estimate of drug-likeness (QED) is 0.415. The first-order chi connectivity index (χ1) is 22.8. The number of benzene rings is 2. The van der Waals surface area contributed by atoms with Crippen LogP contribution in [-0.4, -0.2) is 84.4 Å². The van der Waals surface area contributed by atoms with Crippen molar-refractivity contribution >= 4 is 23.6 Å². The number of carbonyl (C=O) groups is 4. The number of amides is 4. The van der Waals surface area contributed by atoms with Crippen LogP contribution in [0.25, 0.3) is 11.5 Å². The molecule has 5 rings (SSSR count). The molecule has 2 aliphatic heterocycles. The fraction of sp³-hybridized carbons (Fsp3) is 0.457. The van der Waals surface area contributed by atoms with Gasteiger partial charge >= 0.3 is 0 Å². The molecule has 4 bridgehead atoms. The number of likely N-dealkylation sites (tertiary alicyclic amines) is 1. The lowest BCUT2D eigenvalue weighted by molar-refractivity contribution is -0.138. The van der Waals surface area contributed by atoms with Gasteiger partial charge in [-0.25, -0.2) is 4.98 Å². The molecule has 2 aliphatic rings. The summed E-state index contributed by atoms with van der Waals surface area (Å²) in [6, 6.07) is 13.9. The third kappa shape index (κ3) is 9.11. The largest absolute Gasteiger partial charge is 0.493 e. The number of fused-ring (bicyclic) bond motifs is 5. The zero-order valence-electron chi connectivity index (χ0n) is 27.1. The molecule has 0 saturated carbocycles. The molecule has 1 saturated heterocycles. The predicted molar refractivity (Wildman–Crippen MR) is 174 cm³/mol. The number of nitrogens with one attached hydrogen (secondary N) is 2. The summed E-state index contributed by atoms with van der Waals surface area (Å²) in [6.45, 7) is 3.04. The van der Waals surface area contributed by atoms with E-state index in [-0.39, 0.29) is 56.8 Å². The molecule has 0 aliphatic carbocycles. The van der Waals surface area contributed by atoms with E-state index in [9.17, 15) is 19.2 Å². The molecule has 0 spiro atoms. The summed E-state index contributed by atoms with van der Waals surface area (Å²) >= 11 is 0. The third-order valence-electron chi connectivity index (χ3n) is 8.45. The van der Waals surface area contributed by atoms with Crippen LogP contribution in [0.1, 0.15) is 55.5 Å². The van der Waals surface area contributed by atoms with E-state index >= 15 is 0 Å². The first kappa shape index (κ1) is 33.5. The van der Waals surface area contributed by atoms with E-state index in [0.29, 0.717) is 60.3 Å². The number of methoxy groups -OCH3 is 1. The first-order valence-electron chi connectivity index (χ1n) is 16.2. The third-order valence-corrected chi connectivity index (χ3v) is 8.45. The second kappa shape index (κ2) is 16.1. The molecule has 250 valence electrons. The number of hydrogen-bond donors (Lipinski definition) is 2. The summed E-state index contributed by atoms with van der Waals surface area (Å²) < 4.78 is 17.5. The number of carbonyl (C=O) groups excluding carboxylic acids is 4. The van der Waals surface area contributed by atoms with Gasteiger partial charge in [0.1, 0.15) is 17.5 Å². The van der Waals surface area contributed by atoms with Gasteiger partial charge in [0.15, 0.2) is 11.5 Å². The highest BCUT2D eigenvalue weighted by Crippen LogP contribution is 2.33. The van der Waals surface area contributed by atoms with E-state index in [2.05, 4.69) is 15.6 Å². The van der Waals surface area contributed by atoms with Crippen LogP contribution in [0.3, 0.4) is 0 Å². The maximum atomic E-state index is 13.5. The molecule has 0 radical (unpaired) electrons. The highest BCUT2D eigenvalue weighted by Gasteiger charge is 2.26. The minimum Gasteiger partial charge on any atom is -0.493 e. The van der Waals surface area contributed by atoms with Crippen molar-refractivity contribution < 1.29 is 33.1 Å². The van der Waals surface area contributed by atoms with Gasteiger partial charge in [0, 0.05) is 44.5 Å². The highest BCUT2D eigenvalue weighted by molar-refractivity contribution is 5.90. The predicted octanol–water partition coefficient (Wildman–Crippen LogP) is 3.41. The maximum Gasteiger partial charge on any atom is 0.243 e. The zero-order chi connectivity index (χ0) is 33.2. The molecule has 4 amide bonds. The zero-order valence-corrected chi connectivity index (χ0v) is 27.1. The molecule has 2 N–H and O–H groups in total. The standard InChI is InChI=1S/C35H43N5O7/c1-24-28-22-36-34(44)27(20-25-10-5-3-6-11-25)37-31(41)23-40(33(43)15-18-39-16-8-4-7-12-32(39)42)17-9-19-46-30-21-26(35(38-28)47-24)13-14-29(30)45-2/h3,5-6,10-11,13-14,21,27H,4,7-9,12,15-20,22-23H2,1-2H3,(H,36,44)(H,37,41)/t27-/m1/s1. The van der Waals surface area contributed by atoms with Gasteiger partial charge in [0.25, 0.3) is 0 Å². The Labute approximate surface area is 274 Å². The minimum atomic E-state index is -0.894. The van der Waals surface area contributed by atoms with Gasteiger partial charge in [0.05, 0.1) is 26.8 Å². The average Bonchev–Trinajstić information content (AvgIpc) is 3.32. The van der Waals surface area contributed by atoms with E-state index in [1.165, 1.54) is 4.90 Å². The Balaban J connectivity index is 1.38. The van der Waals surface area contributed by atoms with Crippen LogP contribution in [0.5, 0.6) is 11.5 Å². The summed E-state index contributed by atoms with van der Waals surface area (Å²) in [5.41, 5.74) is 2.10. The van der Waals surface area contributed by atoms with E-state index in [1.807, 2.05) is 36.4 Å². The van der Waals surface area contributed by atoms with E-state index < -0.39 is 11.9 Å². The fourth-order valence-corrected chi connectivity index (χ4v) is 5.80. The minimum absolute atomic E-state index is 0.0582. The van der Waals surface area contributed by atoms with Crippen molar-refractivity contribution in [3.05, 3.63) is 65.5 Å². The summed E-state index contributed by atoms with van der Waals surface area (Å²) in [4.78, 5) is 60.9. The van der Waals surface area contributed by atoms with E-state index in [1.54, 1.807) is 31.1 Å². The van der Waals surface area contributed by atoms with E-state index in [0.717, 1.165) is 24.8 Å². The first-order valence-corrected chi connectivity index (χ1v) is 16.2. The fourth-order valence-electron chi connectivity index (χ4n) is 5.80. The molecular weight excluding hydrogens is 602 g/mol. The molecule has 12 heteroatoms. The van der Waals surface area contributed by atoms with Crippen molar-refractivity contribution in [1.82, 2.24) is 25.4 Å². The summed E-state index contributed by atoms with van der Waals surface area (Å²) in [5, 5.41) is 5.76. The van der Waals surface area contributed by atoms with Gasteiger partial charge in [0.2, 0.25) is 29.5 Å².